The van der Waals surface area contributed by atoms with Gasteiger partial charge in [0.15, 0.2) is 17.1 Å². The summed E-state index contributed by atoms with van der Waals surface area (Å²) in [6.07, 6.45) is 0.399. The Morgan fingerprint density at radius 3 is 2.95 bits per heavy atom. The summed E-state index contributed by atoms with van der Waals surface area (Å²) in [7, 11) is 0. The number of thiocarbonyl (C=S) groups is 1. The molecule has 4 saturated heterocycles. The van der Waals surface area contributed by atoms with Gasteiger partial charge in [0.25, 0.3) is 0 Å². The Balaban J connectivity index is 1.67. The zero-order valence-corrected chi connectivity index (χ0v) is 11.8. The van der Waals surface area contributed by atoms with E-state index in [2.05, 4.69) is 5.32 Å². The summed E-state index contributed by atoms with van der Waals surface area (Å²) in [5.41, 5.74) is 0. The lowest BCUT2D eigenvalue weighted by Crippen LogP contribution is -2.60. The highest BCUT2D eigenvalue weighted by Crippen LogP contribution is 2.42. The molecule has 4 rings (SSSR count). The first kappa shape index (κ1) is 12.3. The van der Waals surface area contributed by atoms with Crippen LogP contribution in [0.1, 0.15) is 20.3 Å². The van der Waals surface area contributed by atoms with Crippen LogP contribution in [-0.4, -0.2) is 59.7 Å². The topological polar surface area (TPSA) is 52.2 Å². The van der Waals surface area contributed by atoms with Crippen LogP contribution >= 0.6 is 12.2 Å². The van der Waals surface area contributed by atoms with Gasteiger partial charge in [-0.05, 0) is 26.1 Å². The Morgan fingerprint density at radius 1 is 1.32 bits per heavy atom. The Morgan fingerprint density at radius 2 is 2.11 bits per heavy atom. The molecule has 0 radical (unpaired) electrons. The van der Waals surface area contributed by atoms with Crippen molar-refractivity contribution in [2.45, 2.75) is 56.8 Å². The smallest absolute Gasteiger partial charge is 0.173 e. The SMILES string of the molecule is CC1(C)O[C@@H]2[C@H](O1)[C@H]1CO[C@H]3CCNC(=S)N3[C@@H]2O1. The summed E-state index contributed by atoms with van der Waals surface area (Å²) in [5, 5.41) is 3.87. The number of nitrogens with zero attached hydrogens (tertiary/aromatic N) is 1. The molecule has 0 aromatic heterocycles. The van der Waals surface area contributed by atoms with Crippen molar-refractivity contribution in [3.63, 3.8) is 0 Å². The maximum Gasteiger partial charge on any atom is 0.173 e. The van der Waals surface area contributed by atoms with E-state index in [0.717, 1.165) is 13.0 Å². The lowest BCUT2D eigenvalue weighted by Gasteiger charge is -2.41. The van der Waals surface area contributed by atoms with E-state index in [1.807, 2.05) is 18.7 Å². The molecule has 4 aliphatic rings. The van der Waals surface area contributed by atoms with Crippen LogP contribution in [0.5, 0.6) is 0 Å². The van der Waals surface area contributed by atoms with Gasteiger partial charge >= 0.3 is 0 Å². The van der Waals surface area contributed by atoms with Crippen molar-refractivity contribution < 1.29 is 18.9 Å². The Hall–Kier alpha value is -0.470. The minimum Gasteiger partial charge on any atom is -0.362 e. The van der Waals surface area contributed by atoms with Gasteiger partial charge in [-0.15, -0.1) is 0 Å². The molecule has 0 amide bonds. The quantitative estimate of drug-likeness (QED) is 0.637. The number of rotatable bonds is 0. The predicted molar refractivity (Wildman–Crippen MR) is 69.3 cm³/mol. The summed E-state index contributed by atoms with van der Waals surface area (Å²) in [4.78, 5) is 1.99. The van der Waals surface area contributed by atoms with E-state index in [-0.39, 0.29) is 30.8 Å². The van der Waals surface area contributed by atoms with E-state index in [9.17, 15) is 0 Å². The molecular weight excluding hydrogens is 268 g/mol. The molecular formula is C12H18N2O4S. The van der Waals surface area contributed by atoms with Crippen LogP contribution in [0.15, 0.2) is 0 Å². The normalized spacial score (nSPS) is 47.4. The van der Waals surface area contributed by atoms with E-state index < -0.39 is 5.79 Å². The molecule has 0 aromatic rings. The molecule has 0 aliphatic carbocycles. The zero-order chi connectivity index (χ0) is 13.2. The Bertz CT molecular complexity index is 419. The highest BCUT2D eigenvalue weighted by atomic mass is 32.1. The van der Waals surface area contributed by atoms with Crippen molar-refractivity contribution in [2.75, 3.05) is 13.2 Å². The van der Waals surface area contributed by atoms with Crippen molar-refractivity contribution in [1.29, 1.82) is 0 Å². The fraction of sp³-hybridized carbons (Fsp3) is 0.917. The van der Waals surface area contributed by atoms with E-state index in [1.54, 1.807) is 0 Å². The monoisotopic (exact) mass is 286 g/mol. The van der Waals surface area contributed by atoms with Crippen molar-refractivity contribution in [3.05, 3.63) is 0 Å². The number of ether oxygens (including phenoxy) is 4. The molecule has 7 heteroatoms. The molecule has 0 spiro atoms. The summed E-state index contributed by atoms with van der Waals surface area (Å²) in [6.45, 7) is 5.24. The molecule has 4 aliphatic heterocycles. The van der Waals surface area contributed by atoms with Crippen molar-refractivity contribution >= 4 is 17.3 Å². The lowest BCUT2D eigenvalue weighted by atomic mass is 10.1. The third-order valence-electron chi connectivity index (χ3n) is 4.06. The van der Waals surface area contributed by atoms with Crippen LogP contribution in [0.2, 0.25) is 0 Å². The molecule has 4 fully saturated rings. The van der Waals surface area contributed by atoms with Gasteiger partial charge in [-0.2, -0.15) is 0 Å². The van der Waals surface area contributed by atoms with Crippen molar-refractivity contribution in [1.82, 2.24) is 10.2 Å². The van der Waals surface area contributed by atoms with E-state index >= 15 is 0 Å². The van der Waals surface area contributed by atoms with Crippen LogP contribution in [0.25, 0.3) is 0 Å². The van der Waals surface area contributed by atoms with E-state index in [0.29, 0.717) is 11.7 Å². The molecule has 1 N–H and O–H groups in total. The van der Waals surface area contributed by atoms with Gasteiger partial charge in [0.1, 0.15) is 24.5 Å². The third-order valence-corrected chi connectivity index (χ3v) is 4.42. The third kappa shape index (κ3) is 1.80. The molecule has 4 heterocycles. The lowest BCUT2D eigenvalue weighted by molar-refractivity contribution is -0.197. The number of nitrogens with one attached hydrogen (secondary N) is 1. The average Bonchev–Trinajstić information content (AvgIpc) is 2.72. The molecule has 6 nitrogen and oxygen atoms in total. The van der Waals surface area contributed by atoms with Crippen LogP contribution < -0.4 is 5.32 Å². The van der Waals surface area contributed by atoms with Gasteiger partial charge in [0.2, 0.25) is 0 Å². The van der Waals surface area contributed by atoms with Gasteiger partial charge < -0.3 is 24.3 Å². The zero-order valence-electron chi connectivity index (χ0n) is 11.0. The Kier molecular flexibility index (Phi) is 2.60. The molecule has 0 unspecified atom stereocenters. The maximum absolute atomic E-state index is 6.05. The highest BCUT2D eigenvalue weighted by molar-refractivity contribution is 7.80. The first-order chi connectivity index (χ1) is 9.05. The first-order valence-corrected chi connectivity index (χ1v) is 7.15. The predicted octanol–water partition coefficient (Wildman–Crippen LogP) is 0.168. The van der Waals surface area contributed by atoms with Gasteiger partial charge in [-0.25, -0.2) is 0 Å². The largest absolute Gasteiger partial charge is 0.362 e. The Labute approximate surface area is 117 Å². The van der Waals surface area contributed by atoms with Gasteiger partial charge in [0, 0.05) is 13.0 Å². The second-order valence-corrected chi connectivity index (χ2v) is 6.23. The molecule has 2 bridgehead atoms. The summed E-state index contributed by atoms with van der Waals surface area (Å²) in [6, 6.07) is 0. The summed E-state index contributed by atoms with van der Waals surface area (Å²) in [5.74, 6) is -0.569. The van der Waals surface area contributed by atoms with Crippen molar-refractivity contribution in [2.24, 2.45) is 0 Å². The second kappa shape index (κ2) is 4.02. The molecule has 0 aromatic carbocycles. The minimum absolute atomic E-state index is 0.0167. The standard InChI is InChI=1S/C12H18N2O4S/c1-12(2)17-8-6-5-15-7-3-4-13-11(19)14(7)10(16-6)9(8)18-12/h6-10H,3-5H2,1-2H3,(H,13,19)/t6-,7+,8-,9-,10-/m1/s1. The van der Waals surface area contributed by atoms with E-state index in [1.165, 1.54) is 0 Å². The molecule has 5 atom stereocenters. The fourth-order valence-electron chi connectivity index (χ4n) is 3.33. The van der Waals surface area contributed by atoms with Gasteiger partial charge in [0.05, 0.1) is 6.61 Å². The fourth-order valence-corrected chi connectivity index (χ4v) is 3.65. The number of hydrogen-bond donors (Lipinski definition) is 1. The van der Waals surface area contributed by atoms with Crippen LogP contribution in [0, 0.1) is 0 Å². The van der Waals surface area contributed by atoms with E-state index in [4.69, 9.17) is 31.2 Å². The average molecular weight is 286 g/mol. The first-order valence-electron chi connectivity index (χ1n) is 6.74. The molecule has 0 saturated carbocycles. The summed E-state index contributed by atoms with van der Waals surface area (Å²) < 4.78 is 23.9. The number of hydrogen-bond acceptors (Lipinski definition) is 5. The second-order valence-electron chi connectivity index (χ2n) is 5.85. The summed E-state index contributed by atoms with van der Waals surface area (Å²) >= 11 is 5.40. The van der Waals surface area contributed by atoms with Crippen LogP contribution in [0.4, 0.5) is 0 Å². The highest BCUT2D eigenvalue weighted by Gasteiger charge is 2.59. The minimum atomic E-state index is -0.569. The molecule has 19 heavy (non-hydrogen) atoms. The van der Waals surface area contributed by atoms with Crippen LogP contribution in [-0.2, 0) is 18.9 Å². The van der Waals surface area contributed by atoms with Crippen molar-refractivity contribution in [3.8, 4) is 0 Å². The maximum atomic E-state index is 6.05. The van der Waals surface area contributed by atoms with Gasteiger partial charge in [-0.3, -0.25) is 4.90 Å². The van der Waals surface area contributed by atoms with Crippen LogP contribution in [0.3, 0.4) is 0 Å². The number of fused-ring (bicyclic) bond motifs is 7. The molecule has 106 valence electrons. The van der Waals surface area contributed by atoms with Gasteiger partial charge in [-0.1, -0.05) is 0 Å².